The van der Waals surface area contributed by atoms with Crippen molar-refractivity contribution >= 4 is 28.7 Å². The zero-order valence-corrected chi connectivity index (χ0v) is 14.5. The minimum Gasteiger partial charge on any atom is -0.497 e. The molecule has 3 aromatic rings. The van der Waals surface area contributed by atoms with E-state index in [0.717, 1.165) is 27.5 Å². The van der Waals surface area contributed by atoms with E-state index in [1.165, 1.54) is 11.8 Å². The highest BCUT2D eigenvalue weighted by molar-refractivity contribution is 7.99. The average molecular weight is 341 g/mol. The lowest BCUT2D eigenvalue weighted by Crippen LogP contribution is -2.24. The summed E-state index contributed by atoms with van der Waals surface area (Å²) < 4.78 is 7.19. The molecule has 0 bridgehead atoms. The lowest BCUT2D eigenvalue weighted by atomic mass is 10.2. The van der Waals surface area contributed by atoms with Crippen molar-refractivity contribution in [3.63, 3.8) is 0 Å². The number of nitrogens with zero attached hydrogens (tertiary/aromatic N) is 2. The van der Waals surface area contributed by atoms with E-state index < -0.39 is 0 Å². The van der Waals surface area contributed by atoms with Gasteiger partial charge in [0.25, 0.3) is 0 Å². The van der Waals surface area contributed by atoms with Crippen LogP contribution in [0.3, 0.4) is 0 Å². The molecule has 0 fully saturated rings. The molecule has 1 aromatic heterocycles. The monoisotopic (exact) mass is 341 g/mol. The number of fused-ring (bicyclic) bond motifs is 1. The maximum absolute atomic E-state index is 12.1. The van der Waals surface area contributed by atoms with E-state index in [9.17, 15) is 4.79 Å². The van der Waals surface area contributed by atoms with E-state index in [-0.39, 0.29) is 5.91 Å². The van der Waals surface area contributed by atoms with E-state index >= 15 is 0 Å². The van der Waals surface area contributed by atoms with Crippen LogP contribution in [-0.4, -0.2) is 28.3 Å². The Bertz CT molecular complexity index is 860. The van der Waals surface area contributed by atoms with Gasteiger partial charge in [0.2, 0.25) is 5.91 Å². The number of methoxy groups -OCH3 is 1. The molecule has 0 aliphatic heterocycles. The van der Waals surface area contributed by atoms with Crippen LogP contribution in [0.15, 0.2) is 53.7 Å². The molecule has 0 radical (unpaired) electrons. The maximum atomic E-state index is 12.1. The molecule has 0 atom stereocenters. The molecule has 0 saturated carbocycles. The van der Waals surface area contributed by atoms with E-state index in [0.29, 0.717) is 12.3 Å². The smallest absolute Gasteiger partial charge is 0.230 e. The Morgan fingerprint density at radius 3 is 2.88 bits per heavy atom. The number of hydrogen-bond donors (Lipinski definition) is 1. The molecule has 1 amide bonds. The van der Waals surface area contributed by atoms with Gasteiger partial charge in [-0.15, -0.1) is 0 Å². The second-order valence-electron chi connectivity index (χ2n) is 5.36. The van der Waals surface area contributed by atoms with Crippen LogP contribution in [0.25, 0.3) is 11.0 Å². The summed E-state index contributed by atoms with van der Waals surface area (Å²) in [6.45, 7) is 0.485. The Kier molecular flexibility index (Phi) is 5.05. The van der Waals surface area contributed by atoms with Gasteiger partial charge in [0.05, 0.1) is 23.9 Å². The molecule has 5 nitrogen and oxygen atoms in total. The fraction of sp³-hybridized carbons (Fsp3) is 0.222. The van der Waals surface area contributed by atoms with Crippen LogP contribution in [0.1, 0.15) is 5.56 Å². The van der Waals surface area contributed by atoms with E-state index in [1.807, 2.05) is 60.1 Å². The zero-order valence-electron chi connectivity index (χ0n) is 13.7. The summed E-state index contributed by atoms with van der Waals surface area (Å²) in [5.74, 6) is 1.10. The third-order valence-corrected chi connectivity index (χ3v) is 4.73. The highest BCUT2D eigenvalue weighted by atomic mass is 32.2. The van der Waals surface area contributed by atoms with Gasteiger partial charge in [-0.25, -0.2) is 4.98 Å². The molecular formula is C18H19N3O2S. The Morgan fingerprint density at radius 1 is 1.25 bits per heavy atom. The number of amides is 1. The molecule has 6 heteroatoms. The summed E-state index contributed by atoms with van der Waals surface area (Å²) in [5, 5.41) is 3.76. The van der Waals surface area contributed by atoms with E-state index in [2.05, 4.69) is 10.3 Å². The Morgan fingerprint density at radius 2 is 2.08 bits per heavy atom. The number of aromatic nitrogens is 2. The van der Waals surface area contributed by atoms with Crippen LogP contribution in [-0.2, 0) is 18.4 Å². The summed E-state index contributed by atoms with van der Waals surface area (Å²) in [6.07, 6.45) is 0. The first-order valence-electron chi connectivity index (χ1n) is 7.61. The molecule has 0 aliphatic carbocycles. The van der Waals surface area contributed by atoms with Gasteiger partial charge in [0, 0.05) is 13.6 Å². The normalized spacial score (nSPS) is 10.8. The molecule has 24 heavy (non-hydrogen) atoms. The van der Waals surface area contributed by atoms with Gasteiger partial charge in [-0.05, 0) is 29.8 Å². The van der Waals surface area contributed by atoms with Crippen molar-refractivity contribution in [3.05, 3.63) is 54.1 Å². The molecule has 3 rings (SSSR count). The number of rotatable bonds is 6. The second-order valence-corrected chi connectivity index (χ2v) is 6.30. The Labute approximate surface area is 145 Å². The largest absolute Gasteiger partial charge is 0.497 e. The number of benzene rings is 2. The van der Waals surface area contributed by atoms with Crippen LogP contribution in [0.4, 0.5) is 0 Å². The number of hydrogen-bond acceptors (Lipinski definition) is 4. The third kappa shape index (κ3) is 3.71. The van der Waals surface area contributed by atoms with E-state index in [4.69, 9.17) is 4.74 Å². The van der Waals surface area contributed by atoms with Crippen molar-refractivity contribution in [1.29, 1.82) is 0 Å². The van der Waals surface area contributed by atoms with Gasteiger partial charge in [-0.2, -0.15) is 0 Å². The molecule has 1 N–H and O–H groups in total. The number of para-hydroxylation sites is 2. The van der Waals surface area contributed by atoms with Crippen LogP contribution >= 0.6 is 11.8 Å². The average Bonchev–Trinajstić information content (AvgIpc) is 2.94. The molecule has 0 saturated heterocycles. The van der Waals surface area contributed by atoms with Gasteiger partial charge in [0.1, 0.15) is 5.75 Å². The number of imidazole rings is 1. The fourth-order valence-corrected chi connectivity index (χ4v) is 3.23. The quantitative estimate of drug-likeness (QED) is 0.700. The van der Waals surface area contributed by atoms with Gasteiger partial charge in [-0.1, -0.05) is 36.0 Å². The molecular weight excluding hydrogens is 322 g/mol. The molecule has 0 unspecified atom stereocenters. The van der Waals surface area contributed by atoms with Gasteiger partial charge < -0.3 is 14.6 Å². The SMILES string of the molecule is COc1cccc(CNC(=O)CSc2nc3ccccc3n2C)c1. The summed E-state index contributed by atoms with van der Waals surface area (Å²) in [7, 11) is 3.59. The second kappa shape index (κ2) is 7.40. The van der Waals surface area contributed by atoms with E-state index in [1.54, 1.807) is 7.11 Å². The molecule has 0 aliphatic rings. The standard InChI is InChI=1S/C18H19N3O2S/c1-21-16-9-4-3-8-15(16)20-18(21)24-12-17(22)19-11-13-6-5-7-14(10-13)23-2/h3-10H,11-12H2,1-2H3,(H,19,22). The third-order valence-electron chi connectivity index (χ3n) is 3.70. The summed E-state index contributed by atoms with van der Waals surface area (Å²) in [6, 6.07) is 15.6. The maximum Gasteiger partial charge on any atom is 0.230 e. The predicted octanol–water partition coefficient (Wildman–Crippen LogP) is 2.99. The van der Waals surface area contributed by atoms with Crippen molar-refractivity contribution in [2.24, 2.45) is 7.05 Å². The summed E-state index contributed by atoms with van der Waals surface area (Å²) >= 11 is 1.44. The molecule has 1 heterocycles. The highest BCUT2D eigenvalue weighted by Gasteiger charge is 2.10. The summed E-state index contributed by atoms with van der Waals surface area (Å²) in [4.78, 5) is 16.6. The summed E-state index contributed by atoms with van der Waals surface area (Å²) in [5.41, 5.74) is 3.02. The topological polar surface area (TPSA) is 56.1 Å². The highest BCUT2D eigenvalue weighted by Crippen LogP contribution is 2.22. The van der Waals surface area contributed by atoms with Crippen LogP contribution in [0.2, 0.25) is 0 Å². The molecule has 2 aromatic carbocycles. The van der Waals surface area contributed by atoms with Crippen molar-refractivity contribution < 1.29 is 9.53 Å². The lowest BCUT2D eigenvalue weighted by Gasteiger charge is -2.07. The van der Waals surface area contributed by atoms with Crippen LogP contribution in [0, 0.1) is 0 Å². The first-order chi connectivity index (χ1) is 11.7. The van der Waals surface area contributed by atoms with Gasteiger partial charge in [-0.3, -0.25) is 4.79 Å². The number of ether oxygens (including phenoxy) is 1. The van der Waals surface area contributed by atoms with Gasteiger partial charge in [0.15, 0.2) is 5.16 Å². The van der Waals surface area contributed by atoms with Crippen molar-refractivity contribution in [2.45, 2.75) is 11.7 Å². The number of aryl methyl sites for hydroxylation is 1. The molecule has 124 valence electrons. The minimum atomic E-state index is -0.0186. The lowest BCUT2D eigenvalue weighted by molar-refractivity contribution is -0.118. The number of nitrogens with one attached hydrogen (secondary N) is 1. The Hall–Kier alpha value is -2.47. The first kappa shape index (κ1) is 16.4. The van der Waals surface area contributed by atoms with Crippen LogP contribution < -0.4 is 10.1 Å². The predicted molar refractivity (Wildman–Crippen MR) is 96.3 cm³/mol. The number of carbonyl (C=O) groups is 1. The van der Waals surface area contributed by atoms with Crippen molar-refractivity contribution in [1.82, 2.24) is 14.9 Å². The molecule has 0 spiro atoms. The zero-order chi connectivity index (χ0) is 16.9. The number of carbonyl (C=O) groups excluding carboxylic acids is 1. The van der Waals surface area contributed by atoms with Crippen molar-refractivity contribution in [3.8, 4) is 5.75 Å². The van der Waals surface area contributed by atoms with Crippen LogP contribution in [0.5, 0.6) is 5.75 Å². The fourth-order valence-electron chi connectivity index (χ4n) is 2.42. The first-order valence-corrected chi connectivity index (χ1v) is 8.60. The minimum absolute atomic E-state index is 0.0186. The van der Waals surface area contributed by atoms with Crippen molar-refractivity contribution in [2.75, 3.05) is 12.9 Å². The Balaban J connectivity index is 1.56. The number of thioether (sulfide) groups is 1. The van der Waals surface area contributed by atoms with Gasteiger partial charge >= 0.3 is 0 Å².